The fourth-order valence-corrected chi connectivity index (χ4v) is 3.88. The van der Waals surface area contributed by atoms with Gasteiger partial charge >= 0.3 is 6.03 Å². The summed E-state index contributed by atoms with van der Waals surface area (Å²) in [6, 6.07) is 21.1. The Morgan fingerprint density at radius 2 is 1.68 bits per heavy atom. The average Bonchev–Trinajstić information content (AvgIpc) is 2.74. The fraction of sp³-hybridized carbons (Fsp3) is 0.0417. The second-order valence-corrected chi connectivity index (χ2v) is 8.24. The molecule has 154 valence electrons. The molecule has 0 bridgehead atoms. The zero-order valence-corrected chi connectivity index (χ0v) is 18.5. The molecule has 0 saturated carbocycles. The van der Waals surface area contributed by atoms with Gasteiger partial charge in [0, 0.05) is 9.50 Å². The van der Waals surface area contributed by atoms with Gasteiger partial charge in [-0.05, 0) is 53.5 Å². The summed E-state index contributed by atoms with van der Waals surface area (Å²) in [6.45, 7) is 0. The largest absolute Gasteiger partial charge is 0.335 e. The van der Waals surface area contributed by atoms with Crippen LogP contribution in [-0.4, -0.2) is 17.8 Å². The van der Waals surface area contributed by atoms with Crippen molar-refractivity contribution in [3.8, 4) is 0 Å². The van der Waals surface area contributed by atoms with Gasteiger partial charge in [-0.15, -0.1) is 0 Å². The number of halogens is 2. The first-order valence-electron chi connectivity index (χ1n) is 9.42. The second kappa shape index (κ2) is 8.88. The number of hydrogen-bond acceptors (Lipinski definition) is 3. The first-order chi connectivity index (χ1) is 14.9. The molecule has 0 unspecified atom stereocenters. The molecule has 0 spiro atoms. The zero-order chi connectivity index (χ0) is 22.0. The third-order valence-corrected chi connectivity index (χ3v) is 5.82. The van der Waals surface area contributed by atoms with Crippen LogP contribution < -0.4 is 10.2 Å². The van der Waals surface area contributed by atoms with E-state index in [4.69, 9.17) is 11.6 Å². The van der Waals surface area contributed by atoms with E-state index in [1.807, 2.05) is 48.5 Å². The van der Waals surface area contributed by atoms with E-state index < -0.39 is 17.8 Å². The number of nitrogens with one attached hydrogen (secondary N) is 1. The molecule has 5 nitrogen and oxygen atoms in total. The monoisotopic (exact) mass is 494 g/mol. The molecule has 0 radical (unpaired) electrons. The quantitative estimate of drug-likeness (QED) is 0.391. The van der Waals surface area contributed by atoms with Gasteiger partial charge < -0.3 is 0 Å². The van der Waals surface area contributed by atoms with Crippen LogP contribution in [0.2, 0.25) is 5.02 Å². The molecule has 0 aromatic heterocycles. The summed E-state index contributed by atoms with van der Waals surface area (Å²) < 4.78 is 1.04. The predicted molar refractivity (Wildman–Crippen MR) is 124 cm³/mol. The summed E-state index contributed by atoms with van der Waals surface area (Å²) in [4.78, 5) is 38.4. The van der Waals surface area contributed by atoms with Crippen molar-refractivity contribution in [2.75, 3.05) is 4.90 Å². The normalized spacial score (nSPS) is 15.4. The third kappa shape index (κ3) is 4.60. The number of nitrogens with zero attached hydrogens (tertiary/aromatic N) is 1. The van der Waals surface area contributed by atoms with E-state index in [9.17, 15) is 14.4 Å². The van der Waals surface area contributed by atoms with Crippen LogP contribution in [0.4, 0.5) is 10.5 Å². The van der Waals surface area contributed by atoms with Crippen molar-refractivity contribution < 1.29 is 14.4 Å². The lowest BCUT2D eigenvalue weighted by molar-refractivity contribution is -0.122. The average molecular weight is 496 g/mol. The lowest BCUT2D eigenvalue weighted by atomic mass is 10.0. The highest BCUT2D eigenvalue weighted by atomic mass is 79.9. The lowest BCUT2D eigenvalue weighted by Gasteiger charge is -2.26. The van der Waals surface area contributed by atoms with E-state index >= 15 is 0 Å². The second-order valence-electron chi connectivity index (χ2n) is 6.95. The first-order valence-corrected chi connectivity index (χ1v) is 10.6. The summed E-state index contributed by atoms with van der Waals surface area (Å²) in [6.07, 6.45) is 2.22. The number of urea groups is 1. The fourth-order valence-electron chi connectivity index (χ4n) is 3.27. The Morgan fingerprint density at radius 1 is 0.935 bits per heavy atom. The van der Waals surface area contributed by atoms with Crippen molar-refractivity contribution >= 4 is 57.1 Å². The molecule has 4 rings (SSSR count). The van der Waals surface area contributed by atoms with Crippen molar-refractivity contribution in [1.82, 2.24) is 5.32 Å². The molecule has 1 fully saturated rings. The van der Waals surface area contributed by atoms with Gasteiger partial charge in [-0.1, -0.05) is 76.1 Å². The van der Waals surface area contributed by atoms with E-state index in [-0.39, 0.29) is 11.3 Å². The van der Waals surface area contributed by atoms with Gasteiger partial charge in [0.2, 0.25) is 0 Å². The minimum Gasteiger partial charge on any atom is -0.273 e. The Kier molecular flexibility index (Phi) is 6.02. The Bertz CT molecular complexity index is 1220. The number of rotatable bonds is 4. The van der Waals surface area contributed by atoms with E-state index in [0.29, 0.717) is 10.6 Å². The molecule has 3 aromatic rings. The molecule has 1 saturated heterocycles. The molecule has 1 aliphatic heterocycles. The summed E-state index contributed by atoms with van der Waals surface area (Å²) in [5.41, 5.74) is 3.08. The number of hydrogen-bond donors (Lipinski definition) is 1. The Balaban J connectivity index is 1.59. The first kappa shape index (κ1) is 21.0. The van der Waals surface area contributed by atoms with Crippen LogP contribution in [-0.2, 0) is 16.0 Å². The van der Waals surface area contributed by atoms with Crippen LogP contribution in [0.25, 0.3) is 6.08 Å². The van der Waals surface area contributed by atoms with Crippen LogP contribution in [0.3, 0.4) is 0 Å². The number of amides is 4. The summed E-state index contributed by atoms with van der Waals surface area (Å²) in [5, 5.41) is 2.59. The third-order valence-electron chi connectivity index (χ3n) is 4.81. The van der Waals surface area contributed by atoms with Gasteiger partial charge in [0.15, 0.2) is 0 Å². The minimum absolute atomic E-state index is 0.127. The number of anilines is 1. The molecule has 1 aliphatic rings. The van der Waals surface area contributed by atoms with Gasteiger partial charge in [0.1, 0.15) is 5.57 Å². The Morgan fingerprint density at radius 3 is 2.39 bits per heavy atom. The summed E-state index contributed by atoms with van der Waals surface area (Å²) >= 11 is 9.53. The van der Waals surface area contributed by atoms with Crippen LogP contribution in [0.1, 0.15) is 16.7 Å². The van der Waals surface area contributed by atoms with E-state index in [0.717, 1.165) is 26.9 Å². The van der Waals surface area contributed by atoms with Gasteiger partial charge in [-0.3, -0.25) is 14.9 Å². The molecule has 3 aromatic carbocycles. The molecule has 0 aliphatic carbocycles. The Labute approximate surface area is 192 Å². The molecular formula is C24H16BrClN2O3. The number of barbiturate groups is 1. The highest BCUT2D eigenvalue weighted by Gasteiger charge is 2.36. The van der Waals surface area contributed by atoms with Crippen molar-refractivity contribution in [3.63, 3.8) is 0 Å². The molecule has 31 heavy (non-hydrogen) atoms. The predicted octanol–water partition coefficient (Wildman–Crippen LogP) is 5.36. The number of carbonyl (C=O) groups is 3. The topological polar surface area (TPSA) is 66.5 Å². The molecule has 0 atom stereocenters. The standard InChI is InChI=1S/C24H16BrClN2O3/c25-21-7-2-1-4-17(21)12-15-8-10-16(11-9-15)13-20-22(29)27-24(31)28(23(20)30)19-6-3-5-18(26)14-19/h1-11,13-14H,12H2,(H,27,29,31)/b20-13+. The van der Waals surface area contributed by atoms with Crippen LogP contribution in [0.15, 0.2) is 82.8 Å². The molecule has 1 N–H and O–H groups in total. The molecule has 4 amide bonds. The van der Waals surface area contributed by atoms with Crippen molar-refractivity contribution in [2.45, 2.75) is 6.42 Å². The summed E-state index contributed by atoms with van der Waals surface area (Å²) in [5.74, 6) is -1.43. The zero-order valence-electron chi connectivity index (χ0n) is 16.1. The Hall–Kier alpha value is -3.22. The van der Waals surface area contributed by atoms with E-state index in [2.05, 4.69) is 21.2 Å². The van der Waals surface area contributed by atoms with Gasteiger partial charge in [-0.2, -0.15) is 0 Å². The maximum Gasteiger partial charge on any atom is 0.335 e. The van der Waals surface area contributed by atoms with Crippen molar-refractivity contribution in [3.05, 3.63) is 105 Å². The minimum atomic E-state index is -0.807. The van der Waals surface area contributed by atoms with Crippen molar-refractivity contribution in [2.24, 2.45) is 0 Å². The number of carbonyl (C=O) groups excluding carboxylic acids is 3. The summed E-state index contributed by atoms with van der Waals surface area (Å²) in [7, 11) is 0. The van der Waals surface area contributed by atoms with Crippen LogP contribution in [0, 0.1) is 0 Å². The molecule has 7 heteroatoms. The lowest BCUT2D eigenvalue weighted by Crippen LogP contribution is -2.54. The highest BCUT2D eigenvalue weighted by molar-refractivity contribution is 9.10. The number of imide groups is 2. The SMILES string of the molecule is O=C1NC(=O)N(c2cccc(Cl)c2)C(=O)/C1=C/c1ccc(Cc2ccccc2Br)cc1. The maximum atomic E-state index is 12.9. The smallest absolute Gasteiger partial charge is 0.273 e. The van der Waals surface area contributed by atoms with Gasteiger partial charge in [-0.25, -0.2) is 9.69 Å². The molecular weight excluding hydrogens is 480 g/mol. The van der Waals surface area contributed by atoms with Crippen LogP contribution in [0.5, 0.6) is 0 Å². The number of benzene rings is 3. The van der Waals surface area contributed by atoms with Crippen molar-refractivity contribution in [1.29, 1.82) is 0 Å². The highest BCUT2D eigenvalue weighted by Crippen LogP contribution is 2.25. The van der Waals surface area contributed by atoms with E-state index in [1.165, 1.54) is 12.1 Å². The van der Waals surface area contributed by atoms with E-state index in [1.54, 1.807) is 18.2 Å². The maximum absolute atomic E-state index is 12.9. The van der Waals surface area contributed by atoms with Crippen LogP contribution >= 0.6 is 27.5 Å². The van der Waals surface area contributed by atoms with Gasteiger partial charge in [0.25, 0.3) is 11.8 Å². The van der Waals surface area contributed by atoms with Gasteiger partial charge in [0.05, 0.1) is 5.69 Å². The molecule has 1 heterocycles.